The fourth-order valence-corrected chi connectivity index (χ4v) is 7.35. The Kier molecular flexibility index (Phi) is 8.66. The van der Waals surface area contributed by atoms with Crippen molar-refractivity contribution in [3.05, 3.63) is 224 Å². The Morgan fingerprint density at radius 3 is 1.30 bits per heavy atom. The van der Waals surface area contributed by atoms with Crippen molar-refractivity contribution >= 4 is 27.8 Å². The second kappa shape index (κ2) is 14.3. The number of hydrogen-bond acceptors (Lipinski definition) is 1. The van der Waals surface area contributed by atoms with Gasteiger partial charge in [0.05, 0.1) is 11.4 Å². The zero-order chi connectivity index (χ0) is 35.4. The van der Waals surface area contributed by atoms with Crippen molar-refractivity contribution in [1.29, 1.82) is 0 Å². The standard InChI is InChI=1S/C52H37N/c1-4-14-38(15-5-1)41-24-27-44(28-25-41)49-22-12-13-23-51(49)53(48-33-30-42(31-34-48)39-16-6-2-7-17-39)52-37-47(32-35-50(52)43-19-8-3-9-20-43)46-29-26-40-18-10-11-21-45(40)36-46/h1-37H. The minimum absolute atomic E-state index is 1.09. The maximum atomic E-state index is 2.45. The molecule has 0 fully saturated rings. The number of para-hydroxylation sites is 1. The first-order valence-corrected chi connectivity index (χ1v) is 18.2. The summed E-state index contributed by atoms with van der Waals surface area (Å²) in [7, 11) is 0. The van der Waals surface area contributed by atoms with Crippen LogP contribution in [0.15, 0.2) is 224 Å². The Morgan fingerprint density at radius 1 is 0.226 bits per heavy atom. The van der Waals surface area contributed by atoms with Gasteiger partial charge in [0.1, 0.15) is 0 Å². The highest BCUT2D eigenvalue weighted by Crippen LogP contribution is 2.46. The zero-order valence-electron chi connectivity index (χ0n) is 29.3. The molecule has 9 rings (SSSR count). The van der Waals surface area contributed by atoms with Gasteiger partial charge in [-0.2, -0.15) is 0 Å². The molecular weight excluding hydrogens is 639 g/mol. The maximum Gasteiger partial charge on any atom is 0.0546 e. The number of hydrogen-bond donors (Lipinski definition) is 0. The van der Waals surface area contributed by atoms with E-state index in [9.17, 15) is 0 Å². The first-order valence-electron chi connectivity index (χ1n) is 18.2. The normalized spacial score (nSPS) is 11.0. The third-order valence-corrected chi connectivity index (χ3v) is 10.1. The average molecular weight is 676 g/mol. The van der Waals surface area contributed by atoms with Gasteiger partial charge < -0.3 is 4.90 Å². The summed E-state index contributed by atoms with van der Waals surface area (Å²) in [4.78, 5) is 2.45. The van der Waals surface area contributed by atoms with E-state index in [1.165, 1.54) is 49.7 Å². The van der Waals surface area contributed by atoms with Gasteiger partial charge in [0.2, 0.25) is 0 Å². The summed E-state index contributed by atoms with van der Waals surface area (Å²) in [5.41, 5.74) is 15.1. The minimum atomic E-state index is 1.09. The van der Waals surface area contributed by atoms with Crippen LogP contribution in [0.3, 0.4) is 0 Å². The quantitative estimate of drug-likeness (QED) is 0.155. The summed E-state index contributed by atoms with van der Waals surface area (Å²) in [6.45, 7) is 0. The van der Waals surface area contributed by atoms with E-state index >= 15 is 0 Å². The first kappa shape index (κ1) is 32.0. The van der Waals surface area contributed by atoms with Crippen molar-refractivity contribution in [2.24, 2.45) is 0 Å². The van der Waals surface area contributed by atoms with E-state index in [0.29, 0.717) is 0 Å². The third kappa shape index (κ3) is 6.53. The Bertz CT molecular complexity index is 2630. The van der Waals surface area contributed by atoms with E-state index in [0.717, 1.165) is 33.8 Å². The van der Waals surface area contributed by atoms with Crippen LogP contribution in [0, 0.1) is 0 Å². The van der Waals surface area contributed by atoms with E-state index < -0.39 is 0 Å². The van der Waals surface area contributed by atoms with Crippen LogP contribution in [0.4, 0.5) is 17.1 Å². The Labute approximate surface area is 311 Å². The predicted octanol–water partition coefficient (Wildman–Crippen LogP) is 14.6. The van der Waals surface area contributed by atoms with Gasteiger partial charge in [-0.3, -0.25) is 0 Å². The van der Waals surface area contributed by atoms with Crippen LogP contribution < -0.4 is 4.90 Å². The van der Waals surface area contributed by atoms with Crippen molar-refractivity contribution < 1.29 is 0 Å². The van der Waals surface area contributed by atoms with E-state index in [1.807, 2.05) is 0 Å². The molecule has 0 saturated heterocycles. The summed E-state index contributed by atoms with van der Waals surface area (Å²) >= 11 is 0. The van der Waals surface area contributed by atoms with Crippen LogP contribution in [0.1, 0.15) is 0 Å². The molecule has 0 saturated carbocycles. The van der Waals surface area contributed by atoms with E-state index in [2.05, 4.69) is 229 Å². The van der Waals surface area contributed by atoms with Crippen molar-refractivity contribution in [3.8, 4) is 55.6 Å². The molecule has 0 aliphatic heterocycles. The Hall–Kier alpha value is -6.96. The number of fused-ring (bicyclic) bond motifs is 1. The first-order chi connectivity index (χ1) is 26.3. The van der Waals surface area contributed by atoms with Crippen LogP contribution in [0.5, 0.6) is 0 Å². The molecule has 0 spiro atoms. The van der Waals surface area contributed by atoms with Gasteiger partial charge >= 0.3 is 0 Å². The summed E-state index contributed by atoms with van der Waals surface area (Å²) in [5, 5.41) is 2.47. The second-order valence-corrected chi connectivity index (χ2v) is 13.4. The van der Waals surface area contributed by atoms with Gasteiger partial charge in [-0.05, 0) is 85.6 Å². The number of anilines is 3. The molecule has 0 aliphatic rings. The van der Waals surface area contributed by atoms with Crippen LogP contribution in [-0.2, 0) is 0 Å². The van der Waals surface area contributed by atoms with Gasteiger partial charge in [0.25, 0.3) is 0 Å². The molecule has 0 heterocycles. The molecule has 53 heavy (non-hydrogen) atoms. The minimum Gasteiger partial charge on any atom is -0.309 e. The number of nitrogens with zero attached hydrogens (tertiary/aromatic N) is 1. The topological polar surface area (TPSA) is 3.24 Å². The monoisotopic (exact) mass is 675 g/mol. The van der Waals surface area contributed by atoms with Crippen molar-refractivity contribution in [2.75, 3.05) is 4.90 Å². The molecule has 9 aromatic carbocycles. The molecule has 0 unspecified atom stereocenters. The summed E-state index contributed by atoms with van der Waals surface area (Å²) in [5.74, 6) is 0. The number of rotatable bonds is 8. The van der Waals surface area contributed by atoms with Gasteiger partial charge in [-0.15, -0.1) is 0 Å². The molecule has 0 radical (unpaired) electrons. The Morgan fingerprint density at radius 2 is 0.642 bits per heavy atom. The van der Waals surface area contributed by atoms with E-state index in [4.69, 9.17) is 0 Å². The van der Waals surface area contributed by atoms with Crippen molar-refractivity contribution in [2.45, 2.75) is 0 Å². The van der Waals surface area contributed by atoms with Gasteiger partial charge in [-0.25, -0.2) is 0 Å². The lowest BCUT2D eigenvalue weighted by Crippen LogP contribution is -2.12. The molecule has 0 aromatic heterocycles. The highest BCUT2D eigenvalue weighted by molar-refractivity contribution is 5.96. The fraction of sp³-hybridized carbons (Fsp3) is 0. The van der Waals surface area contributed by atoms with Gasteiger partial charge in [0, 0.05) is 16.8 Å². The predicted molar refractivity (Wildman–Crippen MR) is 226 cm³/mol. The molecule has 1 heteroatoms. The van der Waals surface area contributed by atoms with Gasteiger partial charge in [0.15, 0.2) is 0 Å². The summed E-state index contributed by atoms with van der Waals surface area (Å²) in [6, 6.07) is 80.9. The number of benzene rings is 9. The summed E-state index contributed by atoms with van der Waals surface area (Å²) in [6.07, 6.45) is 0. The highest BCUT2D eigenvalue weighted by Gasteiger charge is 2.22. The third-order valence-electron chi connectivity index (χ3n) is 10.1. The van der Waals surface area contributed by atoms with Crippen LogP contribution in [0.2, 0.25) is 0 Å². The van der Waals surface area contributed by atoms with Crippen LogP contribution in [-0.4, -0.2) is 0 Å². The van der Waals surface area contributed by atoms with E-state index in [-0.39, 0.29) is 0 Å². The largest absolute Gasteiger partial charge is 0.309 e. The average Bonchev–Trinajstić information content (AvgIpc) is 3.25. The fourth-order valence-electron chi connectivity index (χ4n) is 7.35. The van der Waals surface area contributed by atoms with E-state index in [1.54, 1.807) is 0 Å². The lowest BCUT2D eigenvalue weighted by Gasteiger charge is -2.30. The highest BCUT2D eigenvalue weighted by atomic mass is 15.1. The molecule has 0 aliphatic carbocycles. The maximum absolute atomic E-state index is 2.45. The Balaban J connectivity index is 1.25. The smallest absolute Gasteiger partial charge is 0.0546 e. The molecule has 0 bridgehead atoms. The molecule has 0 amide bonds. The zero-order valence-corrected chi connectivity index (χ0v) is 29.3. The SMILES string of the molecule is c1ccc(-c2ccc(-c3ccccc3N(c3ccc(-c4ccccc4)cc3)c3cc(-c4ccc5ccccc5c4)ccc3-c3ccccc3)cc2)cc1. The van der Waals surface area contributed by atoms with Crippen LogP contribution in [0.25, 0.3) is 66.4 Å². The molecule has 1 nitrogen and oxygen atoms in total. The lowest BCUT2D eigenvalue weighted by molar-refractivity contribution is 1.28. The molecular formula is C52H37N. The van der Waals surface area contributed by atoms with Gasteiger partial charge in [-0.1, -0.05) is 194 Å². The van der Waals surface area contributed by atoms with Crippen molar-refractivity contribution in [1.82, 2.24) is 0 Å². The summed E-state index contributed by atoms with van der Waals surface area (Å²) < 4.78 is 0. The van der Waals surface area contributed by atoms with Crippen LogP contribution >= 0.6 is 0 Å². The lowest BCUT2D eigenvalue weighted by atomic mass is 9.94. The second-order valence-electron chi connectivity index (χ2n) is 13.4. The molecule has 0 atom stereocenters. The van der Waals surface area contributed by atoms with Crippen molar-refractivity contribution in [3.63, 3.8) is 0 Å². The molecule has 250 valence electrons. The molecule has 9 aromatic rings. The molecule has 0 N–H and O–H groups in total.